The molecule has 0 aliphatic heterocycles. The first-order valence-electron chi connectivity index (χ1n) is 21.4. The van der Waals surface area contributed by atoms with Crippen LogP contribution >= 0.6 is 11.3 Å². The smallest absolute Gasteiger partial charge is 0.0543 e. The van der Waals surface area contributed by atoms with Gasteiger partial charge in [0.1, 0.15) is 0 Å². The first kappa shape index (κ1) is 36.3. The van der Waals surface area contributed by atoms with Crippen molar-refractivity contribution in [2.75, 3.05) is 4.90 Å². The number of anilines is 3. The fraction of sp³-hybridized carbons (Fsp3) is 0.0333. The molecular formula is C60H41NS. The average Bonchev–Trinajstić information content (AvgIpc) is 3.86. The highest BCUT2D eigenvalue weighted by molar-refractivity contribution is 7.26. The molecule has 1 aliphatic rings. The Bertz CT molecular complexity index is 3490. The van der Waals surface area contributed by atoms with Crippen molar-refractivity contribution in [3.63, 3.8) is 0 Å². The van der Waals surface area contributed by atoms with Gasteiger partial charge in [0.2, 0.25) is 0 Å². The van der Waals surface area contributed by atoms with Crippen LogP contribution in [-0.2, 0) is 5.41 Å². The van der Waals surface area contributed by atoms with E-state index in [9.17, 15) is 0 Å². The second-order valence-corrected chi connectivity index (χ2v) is 17.5. The Kier molecular flexibility index (Phi) is 8.55. The maximum absolute atomic E-state index is 2.58. The zero-order valence-corrected chi connectivity index (χ0v) is 35.1. The van der Waals surface area contributed by atoms with Crippen LogP contribution in [0, 0.1) is 0 Å². The predicted octanol–water partition coefficient (Wildman–Crippen LogP) is 17.0. The fourth-order valence-electron chi connectivity index (χ4n) is 10.4. The highest BCUT2D eigenvalue weighted by Gasteiger charge is 2.42. The molecule has 1 nitrogen and oxygen atoms in total. The largest absolute Gasteiger partial charge is 0.309 e. The molecule has 1 aliphatic carbocycles. The summed E-state index contributed by atoms with van der Waals surface area (Å²) in [6, 6.07) is 85.1. The maximum Gasteiger partial charge on any atom is 0.0543 e. The lowest BCUT2D eigenvalue weighted by Gasteiger charge is -2.33. The zero-order chi connectivity index (χ0) is 41.2. The van der Waals surface area contributed by atoms with Gasteiger partial charge in [-0.3, -0.25) is 0 Å². The molecule has 62 heavy (non-hydrogen) atoms. The van der Waals surface area contributed by atoms with E-state index in [-0.39, 0.29) is 5.41 Å². The minimum Gasteiger partial charge on any atom is -0.309 e. The van der Waals surface area contributed by atoms with Crippen LogP contribution in [0.25, 0.3) is 75.5 Å². The first-order chi connectivity index (χ1) is 30.7. The molecule has 0 bridgehead atoms. The van der Waals surface area contributed by atoms with Crippen LogP contribution < -0.4 is 4.90 Å². The van der Waals surface area contributed by atoms with Crippen molar-refractivity contribution in [3.05, 3.63) is 247 Å². The van der Waals surface area contributed by atoms with Crippen molar-refractivity contribution in [2.24, 2.45) is 0 Å². The topological polar surface area (TPSA) is 3.24 Å². The summed E-state index contributed by atoms with van der Waals surface area (Å²) in [7, 11) is 0. The molecular weight excluding hydrogens is 767 g/mol. The molecule has 0 fully saturated rings. The summed E-state index contributed by atoms with van der Waals surface area (Å²) in [5, 5.41) is 5.06. The molecule has 1 unspecified atom stereocenters. The number of benzene rings is 10. The van der Waals surface area contributed by atoms with Crippen molar-refractivity contribution in [1.82, 2.24) is 0 Å². The van der Waals surface area contributed by atoms with E-state index in [0.29, 0.717) is 0 Å². The molecule has 10 aromatic carbocycles. The number of thiophene rings is 1. The summed E-state index contributed by atoms with van der Waals surface area (Å²) in [5.41, 5.74) is 16.8. The highest BCUT2D eigenvalue weighted by Crippen LogP contribution is 2.58. The van der Waals surface area contributed by atoms with E-state index >= 15 is 0 Å². The molecule has 1 aromatic heterocycles. The standard InChI is InChI=1S/C60H41NS/c1-60(42-24-6-3-7-25-42)51-34-12-8-29-50(51)58-52(60)35-19-38-55(58)61(54-37-14-10-27-45(54)48-32-18-33-49-46-28-11-15-39-56(46)62-59(48)49)53-36-13-9-26-44(53)47-31-17-23-41-22-16-30-43(57(41)47)40-20-4-2-5-21-40/h2-39H,1H3. The van der Waals surface area contributed by atoms with Gasteiger partial charge >= 0.3 is 0 Å². The molecule has 2 heteroatoms. The van der Waals surface area contributed by atoms with E-state index in [1.165, 1.54) is 92.1 Å². The maximum atomic E-state index is 2.58. The second-order valence-electron chi connectivity index (χ2n) is 16.5. The molecule has 0 radical (unpaired) electrons. The van der Waals surface area contributed by atoms with Gasteiger partial charge in [0.25, 0.3) is 0 Å². The van der Waals surface area contributed by atoms with E-state index in [0.717, 1.165) is 17.1 Å². The third kappa shape index (κ3) is 5.54. The van der Waals surface area contributed by atoms with Crippen LogP contribution in [0.1, 0.15) is 23.6 Å². The van der Waals surface area contributed by atoms with Crippen molar-refractivity contribution in [2.45, 2.75) is 12.3 Å². The molecule has 11 aromatic rings. The SMILES string of the molecule is CC1(c2ccccc2)c2ccccc2-c2c(N(c3ccccc3-c3cccc4c3sc3ccccc34)c3ccccc3-c3cccc4cccc(-c5ccccc5)c34)cccc21. The Hall–Kier alpha value is -7.52. The Balaban J connectivity index is 1.18. The number of fused-ring (bicyclic) bond motifs is 7. The van der Waals surface area contributed by atoms with Crippen LogP contribution in [0.3, 0.4) is 0 Å². The van der Waals surface area contributed by atoms with E-state index in [2.05, 4.69) is 242 Å². The predicted molar refractivity (Wildman–Crippen MR) is 265 cm³/mol. The lowest BCUT2D eigenvalue weighted by Crippen LogP contribution is -2.22. The number of para-hydroxylation sites is 2. The van der Waals surface area contributed by atoms with Gasteiger partial charge in [-0.2, -0.15) is 0 Å². The monoisotopic (exact) mass is 807 g/mol. The third-order valence-electron chi connectivity index (χ3n) is 13.2. The van der Waals surface area contributed by atoms with Gasteiger partial charge < -0.3 is 4.90 Å². The van der Waals surface area contributed by atoms with Crippen molar-refractivity contribution < 1.29 is 0 Å². The van der Waals surface area contributed by atoms with Gasteiger partial charge in [-0.25, -0.2) is 0 Å². The van der Waals surface area contributed by atoms with E-state index in [4.69, 9.17) is 0 Å². The molecule has 1 heterocycles. The van der Waals surface area contributed by atoms with Crippen molar-refractivity contribution in [1.29, 1.82) is 0 Å². The molecule has 12 rings (SSSR count). The Morgan fingerprint density at radius 1 is 0.371 bits per heavy atom. The first-order valence-corrected chi connectivity index (χ1v) is 22.3. The van der Waals surface area contributed by atoms with Gasteiger partial charge in [0.05, 0.1) is 17.1 Å². The molecule has 1 atom stereocenters. The van der Waals surface area contributed by atoms with E-state index in [1.807, 2.05) is 11.3 Å². The Morgan fingerprint density at radius 3 is 1.66 bits per heavy atom. The lowest BCUT2D eigenvalue weighted by molar-refractivity contribution is 0.714. The van der Waals surface area contributed by atoms with Gasteiger partial charge in [-0.1, -0.05) is 206 Å². The highest BCUT2D eigenvalue weighted by atomic mass is 32.1. The van der Waals surface area contributed by atoms with Gasteiger partial charge in [-0.15, -0.1) is 11.3 Å². The molecule has 0 saturated carbocycles. The van der Waals surface area contributed by atoms with Crippen molar-refractivity contribution >= 4 is 59.3 Å². The third-order valence-corrected chi connectivity index (χ3v) is 14.4. The summed E-state index contributed by atoms with van der Waals surface area (Å²) in [6.45, 7) is 2.41. The normalized spacial score (nSPS) is 14.3. The molecule has 0 N–H and O–H groups in total. The Labute approximate surface area is 366 Å². The molecule has 0 saturated heterocycles. The number of hydrogen-bond acceptors (Lipinski definition) is 2. The van der Waals surface area contributed by atoms with Gasteiger partial charge in [0.15, 0.2) is 0 Å². The minimum absolute atomic E-state index is 0.350. The van der Waals surface area contributed by atoms with Crippen LogP contribution in [-0.4, -0.2) is 0 Å². The zero-order valence-electron chi connectivity index (χ0n) is 34.3. The summed E-state index contributed by atoms with van der Waals surface area (Å²) in [5.74, 6) is 0. The van der Waals surface area contributed by atoms with Gasteiger partial charge in [-0.05, 0) is 80.9 Å². The minimum atomic E-state index is -0.350. The second kappa shape index (κ2) is 14.6. The summed E-state index contributed by atoms with van der Waals surface area (Å²) >= 11 is 1.89. The van der Waals surface area contributed by atoms with Crippen molar-refractivity contribution in [3.8, 4) is 44.5 Å². The molecule has 292 valence electrons. The summed E-state index contributed by atoms with van der Waals surface area (Å²) in [4.78, 5) is 2.58. The van der Waals surface area contributed by atoms with E-state index < -0.39 is 0 Å². The average molecular weight is 808 g/mol. The Morgan fingerprint density at radius 2 is 0.887 bits per heavy atom. The van der Waals surface area contributed by atoms with Gasteiger partial charge in [0, 0.05) is 47.8 Å². The van der Waals surface area contributed by atoms with E-state index in [1.54, 1.807) is 0 Å². The summed E-state index contributed by atoms with van der Waals surface area (Å²) < 4.78 is 2.61. The van der Waals surface area contributed by atoms with Crippen LogP contribution in [0.15, 0.2) is 231 Å². The van der Waals surface area contributed by atoms with Crippen LogP contribution in [0.5, 0.6) is 0 Å². The lowest BCUT2D eigenvalue weighted by atomic mass is 9.74. The number of rotatable bonds is 7. The summed E-state index contributed by atoms with van der Waals surface area (Å²) in [6.07, 6.45) is 0. The number of nitrogens with zero attached hydrogens (tertiary/aromatic N) is 1. The van der Waals surface area contributed by atoms with Crippen LogP contribution in [0.2, 0.25) is 0 Å². The molecule has 0 amide bonds. The molecule has 0 spiro atoms. The fourth-order valence-corrected chi connectivity index (χ4v) is 11.6. The van der Waals surface area contributed by atoms with Crippen LogP contribution in [0.4, 0.5) is 17.1 Å². The quantitative estimate of drug-likeness (QED) is 0.155. The number of hydrogen-bond donors (Lipinski definition) is 0.